The number of hydrogen-bond donors (Lipinski definition) is 2. The summed E-state index contributed by atoms with van der Waals surface area (Å²) in [6.07, 6.45) is -0.217. The van der Waals surface area contributed by atoms with Crippen molar-refractivity contribution in [2.24, 2.45) is 0 Å². The summed E-state index contributed by atoms with van der Waals surface area (Å²) in [7, 11) is -4.56. The maximum absolute atomic E-state index is 10.9. The second-order valence-corrected chi connectivity index (χ2v) is 4.19. The molecule has 0 aliphatic rings. The fourth-order valence-electron chi connectivity index (χ4n) is 0.873. The van der Waals surface area contributed by atoms with E-state index in [0.29, 0.717) is 5.56 Å². The van der Waals surface area contributed by atoms with Crippen LogP contribution in [-0.2, 0) is 15.8 Å². The fourth-order valence-corrected chi connectivity index (χ4v) is 1.26. The molecule has 13 heavy (non-hydrogen) atoms. The molecule has 0 heterocycles. The predicted molar refractivity (Wildman–Crippen MR) is 47.2 cm³/mol. The van der Waals surface area contributed by atoms with Gasteiger partial charge >= 0.3 is 7.60 Å². The third-order valence-electron chi connectivity index (χ3n) is 1.52. The van der Waals surface area contributed by atoms with Crippen molar-refractivity contribution in [3.05, 3.63) is 35.9 Å². The molecule has 2 N–H and O–H groups in total. The Balaban J connectivity index is 2.72. The third kappa shape index (κ3) is 3.11. The van der Waals surface area contributed by atoms with Gasteiger partial charge in [0.15, 0.2) is 0 Å². The summed E-state index contributed by atoms with van der Waals surface area (Å²) in [5, 5.41) is 0. The maximum atomic E-state index is 10.9. The van der Waals surface area contributed by atoms with Gasteiger partial charge in [0.05, 0.1) is 0 Å². The van der Waals surface area contributed by atoms with E-state index in [9.17, 15) is 9.36 Å². The standard InChI is InChI=1S/C8H9O4P/c9-8(13(10,11)12)6-7-4-2-1-3-5-7/h1-5H,6H2,(H2,10,11,12). The van der Waals surface area contributed by atoms with Crippen LogP contribution in [0.5, 0.6) is 0 Å². The van der Waals surface area contributed by atoms with Crippen LogP contribution in [0.25, 0.3) is 0 Å². The summed E-state index contributed by atoms with van der Waals surface area (Å²) in [6.45, 7) is 0. The molecule has 0 fully saturated rings. The smallest absolute Gasteiger partial charge is 0.319 e. The molecule has 0 atom stereocenters. The van der Waals surface area contributed by atoms with Gasteiger partial charge in [-0.3, -0.25) is 9.36 Å². The zero-order valence-corrected chi connectivity index (χ0v) is 7.65. The molecule has 0 unspecified atom stereocenters. The zero-order valence-electron chi connectivity index (χ0n) is 6.75. The Morgan fingerprint density at radius 2 is 1.77 bits per heavy atom. The van der Waals surface area contributed by atoms with Gasteiger partial charge in [-0.25, -0.2) is 0 Å². The van der Waals surface area contributed by atoms with Crippen molar-refractivity contribution in [3.8, 4) is 0 Å². The molecule has 0 spiro atoms. The largest absolute Gasteiger partial charge is 0.391 e. The highest BCUT2D eigenvalue weighted by atomic mass is 31.2. The molecule has 70 valence electrons. The van der Waals surface area contributed by atoms with E-state index in [1.54, 1.807) is 30.3 Å². The van der Waals surface area contributed by atoms with Gasteiger partial charge in [0.25, 0.3) is 0 Å². The number of carbonyl (C=O) groups is 1. The second kappa shape index (κ2) is 3.83. The monoisotopic (exact) mass is 200 g/mol. The molecule has 1 rings (SSSR count). The minimum atomic E-state index is -4.56. The molecule has 0 saturated carbocycles. The minimum absolute atomic E-state index is 0.217. The Morgan fingerprint density at radius 1 is 1.23 bits per heavy atom. The van der Waals surface area contributed by atoms with Crippen molar-refractivity contribution in [2.45, 2.75) is 6.42 Å². The number of rotatable bonds is 3. The first-order valence-corrected chi connectivity index (χ1v) is 5.24. The van der Waals surface area contributed by atoms with Crippen LogP contribution in [0.15, 0.2) is 30.3 Å². The Hall–Kier alpha value is -0.960. The summed E-state index contributed by atoms with van der Waals surface area (Å²) in [5.74, 6) is 0. The van der Waals surface area contributed by atoms with E-state index in [1.165, 1.54) is 0 Å². The molecular formula is C8H9O4P. The highest BCUT2D eigenvalue weighted by molar-refractivity contribution is 7.70. The summed E-state index contributed by atoms with van der Waals surface area (Å²) in [6, 6.07) is 8.48. The van der Waals surface area contributed by atoms with Gasteiger partial charge in [0.1, 0.15) is 0 Å². The lowest BCUT2D eigenvalue weighted by molar-refractivity contribution is -0.112. The molecular weight excluding hydrogens is 191 g/mol. The third-order valence-corrected chi connectivity index (χ3v) is 2.33. The van der Waals surface area contributed by atoms with Gasteiger partial charge in [-0.2, -0.15) is 0 Å². The highest BCUT2D eigenvalue weighted by Gasteiger charge is 2.24. The van der Waals surface area contributed by atoms with E-state index in [0.717, 1.165) is 0 Å². The quantitative estimate of drug-likeness (QED) is 0.712. The first-order valence-electron chi connectivity index (χ1n) is 3.63. The summed E-state index contributed by atoms with van der Waals surface area (Å²) >= 11 is 0. The van der Waals surface area contributed by atoms with Crippen LogP contribution in [0.4, 0.5) is 0 Å². The SMILES string of the molecule is O=C(Cc1ccccc1)P(=O)(O)O. The van der Waals surface area contributed by atoms with Crippen LogP contribution < -0.4 is 0 Å². The Labute approximate surface area is 75.4 Å². The fraction of sp³-hybridized carbons (Fsp3) is 0.125. The van der Waals surface area contributed by atoms with Crippen molar-refractivity contribution >= 4 is 13.1 Å². The molecule has 0 bridgehead atoms. The lowest BCUT2D eigenvalue weighted by Gasteiger charge is -2.01. The molecule has 5 heteroatoms. The molecule has 0 aromatic heterocycles. The predicted octanol–water partition coefficient (Wildman–Crippen LogP) is 0.933. The first-order chi connectivity index (χ1) is 6.00. The van der Waals surface area contributed by atoms with Crippen molar-refractivity contribution in [1.82, 2.24) is 0 Å². The van der Waals surface area contributed by atoms with Crippen LogP contribution in [0.3, 0.4) is 0 Å². The summed E-state index contributed by atoms with van der Waals surface area (Å²) < 4.78 is 10.5. The highest BCUT2D eigenvalue weighted by Crippen LogP contribution is 2.36. The van der Waals surface area contributed by atoms with Crippen LogP contribution in [0.1, 0.15) is 5.56 Å². The van der Waals surface area contributed by atoms with Crippen LogP contribution in [-0.4, -0.2) is 15.3 Å². The van der Waals surface area contributed by atoms with E-state index < -0.39 is 13.1 Å². The van der Waals surface area contributed by atoms with Crippen LogP contribution in [0.2, 0.25) is 0 Å². The lowest BCUT2D eigenvalue weighted by Crippen LogP contribution is -2.02. The minimum Gasteiger partial charge on any atom is -0.319 e. The molecule has 0 aliphatic carbocycles. The number of carbonyl (C=O) groups excluding carboxylic acids is 1. The molecule has 0 amide bonds. The van der Waals surface area contributed by atoms with Crippen LogP contribution in [0, 0.1) is 0 Å². The van der Waals surface area contributed by atoms with E-state index in [2.05, 4.69) is 0 Å². The number of benzene rings is 1. The molecule has 0 radical (unpaired) electrons. The van der Waals surface area contributed by atoms with Crippen molar-refractivity contribution < 1.29 is 19.1 Å². The van der Waals surface area contributed by atoms with E-state index in [1.807, 2.05) is 0 Å². The topological polar surface area (TPSA) is 74.6 Å². The second-order valence-electron chi connectivity index (χ2n) is 2.60. The average Bonchev–Trinajstić information content (AvgIpc) is 2.04. The van der Waals surface area contributed by atoms with Gasteiger partial charge in [-0.1, -0.05) is 30.3 Å². The van der Waals surface area contributed by atoms with E-state index in [4.69, 9.17) is 9.79 Å². The molecule has 0 aliphatic heterocycles. The van der Waals surface area contributed by atoms with Gasteiger partial charge in [-0.05, 0) is 5.56 Å². The molecule has 1 aromatic carbocycles. The molecule has 4 nitrogen and oxygen atoms in total. The van der Waals surface area contributed by atoms with Gasteiger partial charge < -0.3 is 9.79 Å². The molecule has 1 aromatic rings. The summed E-state index contributed by atoms with van der Waals surface area (Å²) in [4.78, 5) is 27.9. The first kappa shape index (κ1) is 10.1. The van der Waals surface area contributed by atoms with Crippen molar-refractivity contribution in [3.63, 3.8) is 0 Å². The number of hydrogen-bond acceptors (Lipinski definition) is 2. The summed E-state index contributed by atoms with van der Waals surface area (Å²) in [5.41, 5.74) is -0.436. The lowest BCUT2D eigenvalue weighted by atomic mass is 10.2. The van der Waals surface area contributed by atoms with Crippen molar-refractivity contribution in [2.75, 3.05) is 0 Å². The van der Waals surface area contributed by atoms with Gasteiger partial charge in [0.2, 0.25) is 5.52 Å². The van der Waals surface area contributed by atoms with Crippen molar-refractivity contribution in [1.29, 1.82) is 0 Å². The Kier molecular flexibility index (Phi) is 2.98. The normalized spacial score (nSPS) is 11.2. The maximum Gasteiger partial charge on any atom is 0.391 e. The van der Waals surface area contributed by atoms with E-state index >= 15 is 0 Å². The van der Waals surface area contributed by atoms with Gasteiger partial charge in [0, 0.05) is 6.42 Å². The Bertz CT molecular complexity index is 340. The van der Waals surface area contributed by atoms with Crippen LogP contribution >= 0.6 is 7.60 Å². The van der Waals surface area contributed by atoms with E-state index in [-0.39, 0.29) is 6.42 Å². The zero-order chi connectivity index (χ0) is 9.90. The molecule has 0 saturated heterocycles. The Morgan fingerprint density at radius 3 is 2.23 bits per heavy atom. The average molecular weight is 200 g/mol. The van der Waals surface area contributed by atoms with Gasteiger partial charge in [-0.15, -0.1) is 0 Å².